The van der Waals surface area contributed by atoms with E-state index in [-0.39, 0.29) is 24.5 Å². The molecular weight excluding hydrogens is 434 g/mol. The van der Waals surface area contributed by atoms with Crippen LogP contribution in [-0.4, -0.2) is 31.1 Å². The second-order valence-corrected chi connectivity index (χ2v) is 8.86. The molecular formula is C23H26BrNO4. The van der Waals surface area contributed by atoms with Crippen molar-refractivity contribution in [2.24, 2.45) is 0 Å². The molecule has 1 N–H and O–H groups in total. The Hall–Kier alpha value is -1.92. The van der Waals surface area contributed by atoms with Gasteiger partial charge in [-0.25, -0.2) is 4.79 Å². The summed E-state index contributed by atoms with van der Waals surface area (Å²) in [5.41, 5.74) is 4.97. The Morgan fingerprint density at radius 3 is 2.83 bits per heavy atom. The first-order valence-corrected chi connectivity index (χ1v) is 11.0. The average molecular weight is 460 g/mol. The minimum atomic E-state index is -0.409. The zero-order valence-corrected chi connectivity index (χ0v) is 18.4. The van der Waals surface area contributed by atoms with E-state index < -0.39 is 5.92 Å². The van der Waals surface area contributed by atoms with Gasteiger partial charge in [0.05, 0.1) is 11.7 Å². The lowest BCUT2D eigenvalue weighted by Gasteiger charge is -2.34. The lowest BCUT2D eigenvalue weighted by Crippen LogP contribution is -2.35. The first-order chi connectivity index (χ1) is 14.0. The third-order valence-corrected chi connectivity index (χ3v) is 6.80. The van der Waals surface area contributed by atoms with Crippen molar-refractivity contribution in [3.05, 3.63) is 56.3 Å². The highest BCUT2D eigenvalue weighted by molar-refractivity contribution is 9.10. The highest BCUT2D eigenvalue weighted by Crippen LogP contribution is 2.43. The minimum Gasteiger partial charge on any atom is -0.459 e. The first-order valence-electron chi connectivity index (χ1n) is 10.2. The molecule has 2 aliphatic heterocycles. The Kier molecular flexibility index (Phi) is 5.93. The van der Waals surface area contributed by atoms with Crippen molar-refractivity contribution in [3.63, 3.8) is 0 Å². The fraction of sp³-hybridized carbons (Fsp3) is 0.478. The van der Waals surface area contributed by atoms with Gasteiger partial charge in [0.15, 0.2) is 5.78 Å². The number of Topliss-reactive ketones (excluding diaryl/α,β-unsaturated/α-hetero) is 1. The molecule has 4 rings (SSSR count). The number of benzene rings is 1. The normalized spacial score (nSPS) is 24.4. The molecule has 1 aliphatic carbocycles. The first kappa shape index (κ1) is 20.4. The zero-order chi connectivity index (χ0) is 20.5. The van der Waals surface area contributed by atoms with Crippen LogP contribution < -0.4 is 5.32 Å². The lowest BCUT2D eigenvalue weighted by atomic mass is 9.75. The minimum absolute atomic E-state index is 0.0329. The van der Waals surface area contributed by atoms with Crippen LogP contribution in [-0.2, 0) is 19.1 Å². The van der Waals surface area contributed by atoms with E-state index in [1.807, 2.05) is 32.0 Å². The molecule has 6 heteroatoms. The van der Waals surface area contributed by atoms with Crippen molar-refractivity contribution < 1.29 is 19.1 Å². The number of carbonyl (C=O) groups excluding carboxylic acids is 2. The second kappa shape index (κ2) is 8.44. The molecule has 1 aromatic carbocycles. The molecule has 2 atom stereocenters. The Bertz CT molecular complexity index is 911. The number of halogens is 1. The monoisotopic (exact) mass is 459 g/mol. The summed E-state index contributed by atoms with van der Waals surface area (Å²) in [6.45, 7) is 4.88. The zero-order valence-electron chi connectivity index (χ0n) is 16.8. The number of hydrogen-bond acceptors (Lipinski definition) is 5. The van der Waals surface area contributed by atoms with Crippen LogP contribution in [0.15, 0.2) is 45.2 Å². The van der Waals surface area contributed by atoms with Gasteiger partial charge in [-0.3, -0.25) is 4.79 Å². The number of esters is 1. The van der Waals surface area contributed by atoms with E-state index in [0.29, 0.717) is 17.6 Å². The van der Waals surface area contributed by atoms with Gasteiger partial charge in [-0.2, -0.15) is 0 Å². The van der Waals surface area contributed by atoms with Crippen molar-refractivity contribution in [2.45, 2.75) is 58.0 Å². The predicted octanol–water partition coefficient (Wildman–Crippen LogP) is 4.45. The molecule has 0 spiro atoms. The quantitative estimate of drug-likeness (QED) is 0.673. The summed E-state index contributed by atoms with van der Waals surface area (Å²) in [6.07, 6.45) is 4.04. The summed E-state index contributed by atoms with van der Waals surface area (Å²) >= 11 is 3.60. The third kappa shape index (κ3) is 4.05. The van der Waals surface area contributed by atoms with E-state index in [1.54, 1.807) is 0 Å². The third-order valence-electron chi connectivity index (χ3n) is 5.95. The van der Waals surface area contributed by atoms with Crippen LogP contribution in [0.25, 0.3) is 0 Å². The van der Waals surface area contributed by atoms with Crippen molar-refractivity contribution in [1.82, 2.24) is 5.32 Å². The standard InChI is InChI=1S/C23H26BrNO4/c1-13-8-9-15(11-17(13)24)21-20(23(27)29-12-16-5-4-10-28-16)14(2)25-18-6-3-7-19(26)22(18)21/h8-9,11,16,21,25H,3-7,10,12H2,1-2H3/t16-,21+/m0/s1. The van der Waals surface area contributed by atoms with E-state index in [0.717, 1.165) is 59.3 Å². The summed E-state index contributed by atoms with van der Waals surface area (Å²) in [6, 6.07) is 6.03. The molecule has 1 saturated heterocycles. The van der Waals surface area contributed by atoms with Crippen molar-refractivity contribution >= 4 is 27.7 Å². The van der Waals surface area contributed by atoms with Crippen molar-refractivity contribution in [2.75, 3.05) is 13.2 Å². The summed E-state index contributed by atoms with van der Waals surface area (Å²) in [7, 11) is 0. The molecule has 2 heterocycles. The van der Waals surface area contributed by atoms with E-state index in [9.17, 15) is 9.59 Å². The number of carbonyl (C=O) groups is 2. The van der Waals surface area contributed by atoms with Gasteiger partial charge in [0.1, 0.15) is 6.61 Å². The van der Waals surface area contributed by atoms with Crippen LogP contribution >= 0.6 is 15.9 Å². The largest absolute Gasteiger partial charge is 0.459 e. The fourth-order valence-electron chi connectivity index (χ4n) is 4.40. The molecule has 3 aliphatic rings. The Balaban J connectivity index is 1.71. The second-order valence-electron chi connectivity index (χ2n) is 8.01. The maximum absolute atomic E-state index is 13.2. The van der Waals surface area contributed by atoms with E-state index in [1.165, 1.54) is 0 Å². The van der Waals surface area contributed by atoms with Crippen LogP contribution in [0.5, 0.6) is 0 Å². The summed E-state index contributed by atoms with van der Waals surface area (Å²) in [4.78, 5) is 26.1. The molecule has 1 fully saturated rings. The van der Waals surface area contributed by atoms with Gasteiger partial charge in [-0.1, -0.05) is 28.1 Å². The van der Waals surface area contributed by atoms with Gasteiger partial charge in [0, 0.05) is 40.4 Å². The predicted molar refractivity (Wildman–Crippen MR) is 113 cm³/mol. The summed E-state index contributed by atoms with van der Waals surface area (Å²) in [5.74, 6) is -0.678. The number of dihydropyridines is 1. The molecule has 0 radical (unpaired) electrons. The smallest absolute Gasteiger partial charge is 0.336 e. The van der Waals surface area contributed by atoms with Crippen LogP contribution in [0.2, 0.25) is 0 Å². The van der Waals surface area contributed by atoms with E-state index in [4.69, 9.17) is 9.47 Å². The number of aryl methyl sites for hydroxylation is 1. The number of nitrogens with one attached hydrogen (secondary N) is 1. The Morgan fingerprint density at radius 2 is 2.10 bits per heavy atom. The number of ketones is 1. The van der Waals surface area contributed by atoms with Gasteiger partial charge >= 0.3 is 5.97 Å². The lowest BCUT2D eigenvalue weighted by molar-refractivity contribution is -0.142. The van der Waals surface area contributed by atoms with E-state index in [2.05, 4.69) is 21.2 Å². The van der Waals surface area contributed by atoms with E-state index >= 15 is 0 Å². The molecule has 154 valence electrons. The molecule has 0 amide bonds. The summed E-state index contributed by atoms with van der Waals surface area (Å²) < 4.78 is 12.2. The number of ether oxygens (including phenoxy) is 2. The maximum atomic E-state index is 13.2. The number of rotatable bonds is 4. The fourth-order valence-corrected chi connectivity index (χ4v) is 4.79. The number of allylic oxidation sites excluding steroid dienone is 3. The summed E-state index contributed by atoms with van der Waals surface area (Å²) in [5, 5.41) is 3.33. The van der Waals surface area contributed by atoms with Gasteiger partial charge in [-0.15, -0.1) is 0 Å². The van der Waals surface area contributed by atoms with Gasteiger partial charge < -0.3 is 14.8 Å². The van der Waals surface area contributed by atoms with Crippen LogP contribution in [0.1, 0.15) is 56.1 Å². The van der Waals surface area contributed by atoms with Crippen LogP contribution in [0, 0.1) is 6.92 Å². The van der Waals surface area contributed by atoms with Crippen molar-refractivity contribution in [1.29, 1.82) is 0 Å². The molecule has 1 aromatic rings. The van der Waals surface area contributed by atoms with Gasteiger partial charge in [-0.05, 0) is 56.7 Å². The molecule has 5 nitrogen and oxygen atoms in total. The number of hydrogen-bond donors (Lipinski definition) is 1. The van der Waals surface area contributed by atoms with Crippen molar-refractivity contribution in [3.8, 4) is 0 Å². The topological polar surface area (TPSA) is 64.6 Å². The van der Waals surface area contributed by atoms with Crippen LogP contribution in [0.4, 0.5) is 0 Å². The van der Waals surface area contributed by atoms with Crippen LogP contribution in [0.3, 0.4) is 0 Å². The van der Waals surface area contributed by atoms with Gasteiger partial charge in [0.25, 0.3) is 0 Å². The molecule has 0 saturated carbocycles. The highest BCUT2D eigenvalue weighted by atomic mass is 79.9. The molecule has 0 unspecified atom stereocenters. The molecule has 0 aromatic heterocycles. The maximum Gasteiger partial charge on any atom is 0.336 e. The highest BCUT2D eigenvalue weighted by Gasteiger charge is 2.39. The Labute approximate surface area is 179 Å². The average Bonchev–Trinajstić information content (AvgIpc) is 3.21. The SMILES string of the molecule is CC1=C(C(=O)OC[C@@H]2CCCO2)[C@@H](c2ccc(C)c(Br)c2)C2=C(CCCC2=O)N1. The van der Waals surface area contributed by atoms with Gasteiger partial charge in [0.2, 0.25) is 0 Å². The molecule has 29 heavy (non-hydrogen) atoms. The molecule has 0 bridgehead atoms. The Morgan fingerprint density at radius 1 is 1.28 bits per heavy atom.